The fourth-order valence-electron chi connectivity index (χ4n) is 2.96. The van der Waals surface area contributed by atoms with Gasteiger partial charge in [0.15, 0.2) is 0 Å². The first-order valence-corrected chi connectivity index (χ1v) is 7.26. The maximum atomic E-state index is 12.6. The average Bonchev–Trinajstić information content (AvgIpc) is 2.37. The quantitative estimate of drug-likeness (QED) is 0.832. The Bertz CT molecular complexity index is 375. The number of morpholine rings is 1. The third-order valence-electron chi connectivity index (χ3n) is 4.22. The van der Waals surface area contributed by atoms with Crippen molar-refractivity contribution in [2.45, 2.75) is 38.6 Å². The van der Waals surface area contributed by atoms with Gasteiger partial charge in [0.2, 0.25) is 0 Å². The zero-order chi connectivity index (χ0) is 14.8. The van der Waals surface area contributed by atoms with Crippen LogP contribution in [0.5, 0.6) is 0 Å². The molecule has 0 aliphatic carbocycles. The summed E-state index contributed by atoms with van der Waals surface area (Å²) in [5.74, 6) is -0.543. The maximum Gasteiger partial charge on any atom is 0.320 e. The van der Waals surface area contributed by atoms with Crippen LogP contribution in [0.4, 0.5) is 4.79 Å². The van der Waals surface area contributed by atoms with E-state index >= 15 is 0 Å². The molecule has 0 atom stereocenters. The number of carboxylic acids is 1. The molecule has 2 saturated heterocycles. The average molecular weight is 284 g/mol. The number of rotatable bonds is 2. The second kappa shape index (κ2) is 5.99. The Balaban J connectivity index is 1.89. The highest BCUT2D eigenvalue weighted by molar-refractivity contribution is 5.75. The van der Waals surface area contributed by atoms with Gasteiger partial charge in [0, 0.05) is 26.1 Å². The molecule has 0 bridgehead atoms. The molecular formula is C14H24N2O4. The third kappa shape index (κ3) is 3.42. The molecule has 0 spiro atoms. The minimum absolute atomic E-state index is 0.0621. The van der Waals surface area contributed by atoms with E-state index in [-0.39, 0.29) is 23.9 Å². The highest BCUT2D eigenvalue weighted by atomic mass is 16.5. The molecule has 2 rings (SSSR count). The molecular weight excluding hydrogens is 260 g/mol. The van der Waals surface area contributed by atoms with Gasteiger partial charge in [-0.05, 0) is 32.6 Å². The van der Waals surface area contributed by atoms with Crippen molar-refractivity contribution in [2.24, 2.45) is 5.92 Å². The third-order valence-corrected chi connectivity index (χ3v) is 4.22. The van der Waals surface area contributed by atoms with Crippen LogP contribution < -0.4 is 0 Å². The van der Waals surface area contributed by atoms with Crippen LogP contribution in [0, 0.1) is 5.92 Å². The Kier molecular flexibility index (Phi) is 4.52. The lowest BCUT2D eigenvalue weighted by atomic mass is 9.93. The number of aliphatic carboxylic acids is 1. The molecule has 2 fully saturated rings. The van der Waals surface area contributed by atoms with Crippen LogP contribution in [0.3, 0.4) is 0 Å². The van der Waals surface area contributed by atoms with E-state index in [9.17, 15) is 9.59 Å². The number of hydrogen-bond donors (Lipinski definition) is 1. The summed E-state index contributed by atoms with van der Waals surface area (Å²) in [6, 6.07) is 0.0621. The molecule has 1 N–H and O–H groups in total. The van der Waals surface area contributed by atoms with Crippen LogP contribution in [0.1, 0.15) is 33.1 Å². The van der Waals surface area contributed by atoms with Gasteiger partial charge in [0.1, 0.15) is 0 Å². The van der Waals surface area contributed by atoms with Crippen LogP contribution in [0.2, 0.25) is 0 Å². The van der Waals surface area contributed by atoms with Crippen molar-refractivity contribution < 1.29 is 19.4 Å². The largest absolute Gasteiger partial charge is 0.481 e. The van der Waals surface area contributed by atoms with Gasteiger partial charge in [-0.25, -0.2) is 4.79 Å². The van der Waals surface area contributed by atoms with E-state index in [0.29, 0.717) is 32.8 Å². The summed E-state index contributed by atoms with van der Waals surface area (Å²) in [6.45, 7) is 7.12. The summed E-state index contributed by atoms with van der Waals surface area (Å²) in [5.41, 5.74) is -0.271. The first-order valence-electron chi connectivity index (χ1n) is 7.26. The molecule has 114 valence electrons. The number of carbonyl (C=O) groups is 2. The van der Waals surface area contributed by atoms with Gasteiger partial charge in [0.05, 0.1) is 18.8 Å². The van der Waals surface area contributed by atoms with E-state index in [0.717, 1.165) is 12.8 Å². The topological polar surface area (TPSA) is 70.1 Å². The minimum Gasteiger partial charge on any atom is -0.481 e. The molecule has 0 unspecified atom stereocenters. The first-order chi connectivity index (χ1) is 9.40. The van der Waals surface area contributed by atoms with Crippen LogP contribution in [-0.2, 0) is 9.53 Å². The predicted octanol–water partition coefficient (Wildman–Crippen LogP) is 1.40. The molecule has 2 aliphatic heterocycles. The number of nitrogens with zero attached hydrogens (tertiary/aromatic N) is 2. The monoisotopic (exact) mass is 284 g/mol. The second-order valence-corrected chi connectivity index (χ2v) is 6.33. The number of ether oxygens (including phenoxy) is 1. The van der Waals surface area contributed by atoms with E-state index < -0.39 is 5.97 Å². The lowest BCUT2D eigenvalue weighted by molar-refractivity contribution is -0.138. The molecule has 0 aromatic carbocycles. The number of piperidine rings is 1. The Labute approximate surface area is 119 Å². The highest BCUT2D eigenvalue weighted by Gasteiger charge is 2.37. The first kappa shape index (κ1) is 15.1. The molecule has 2 heterocycles. The normalized spacial score (nSPS) is 23.7. The molecule has 6 nitrogen and oxygen atoms in total. The minimum atomic E-state index is -0.746. The molecule has 2 aliphatic rings. The Morgan fingerprint density at radius 3 is 2.45 bits per heavy atom. The van der Waals surface area contributed by atoms with Crippen molar-refractivity contribution in [3.63, 3.8) is 0 Å². The smallest absolute Gasteiger partial charge is 0.320 e. The number of amides is 2. The molecule has 20 heavy (non-hydrogen) atoms. The maximum absolute atomic E-state index is 12.6. The standard InChI is InChI=1S/C14H24N2O4/c1-14(2)10-20-8-7-16(14)13(19)15-5-3-11(4-6-15)9-12(17)18/h11H,3-10H2,1-2H3,(H,17,18). The van der Waals surface area contributed by atoms with Gasteiger partial charge in [0.25, 0.3) is 0 Å². The van der Waals surface area contributed by atoms with Gasteiger partial charge < -0.3 is 19.6 Å². The van der Waals surface area contributed by atoms with Gasteiger partial charge in [-0.15, -0.1) is 0 Å². The van der Waals surface area contributed by atoms with Crippen molar-refractivity contribution in [1.82, 2.24) is 9.80 Å². The fourth-order valence-corrected chi connectivity index (χ4v) is 2.96. The number of hydrogen-bond acceptors (Lipinski definition) is 3. The van der Waals surface area contributed by atoms with E-state index in [1.807, 2.05) is 23.6 Å². The predicted molar refractivity (Wildman–Crippen MR) is 73.5 cm³/mol. The van der Waals surface area contributed by atoms with Crippen molar-refractivity contribution in [3.05, 3.63) is 0 Å². The lowest BCUT2D eigenvalue weighted by Gasteiger charge is -2.45. The van der Waals surface area contributed by atoms with E-state index in [2.05, 4.69) is 0 Å². The second-order valence-electron chi connectivity index (χ2n) is 6.33. The SMILES string of the molecule is CC1(C)COCCN1C(=O)N1CCC(CC(=O)O)CC1. The number of urea groups is 1. The van der Waals surface area contributed by atoms with Gasteiger partial charge in [-0.3, -0.25) is 4.79 Å². The van der Waals surface area contributed by atoms with Gasteiger partial charge in [-0.1, -0.05) is 0 Å². The van der Waals surface area contributed by atoms with Crippen molar-refractivity contribution in [2.75, 3.05) is 32.8 Å². The van der Waals surface area contributed by atoms with E-state index in [1.165, 1.54) is 0 Å². The summed E-state index contributed by atoms with van der Waals surface area (Å²) in [7, 11) is 0. The highest BCUT2D eigenvalue weighted by Crippen LogP contribution is 2.25. The van der Waals surface area contributed by atoms with Crippen molar-refractivity contribution in [3.8, 4) is 0 Å². The zero-order valence-electron chi connectivity index (χ0n) is 12.3. The van der Waals surface area contributed by atoms with Gasteiger partial charge >= 0.3 is 12.0 Å². The summed E-state index contributed by atoms with van der Waals surface area (Å²) in [4.78, 5) is 27.0. The van der Waals surface area contributed by atoms with Crippen LogP contribution in [0.15, 0.2) is 0 Å². The molecule has 0 aromatic rings. The van der Waals surface area contributed by atoms with Crippen molar-refractivity contribution in [1.29, 1.82) is 0 Å². The van der Waals surface area contributed by atoms with Gasteiger partial charge in [-0.2, -0.15) is 0 Å². The molecule has 0 radical (unpaired) electrons. The van der Waals surface area contributed by atoms with Crippen LogP contribution in [-0.4, -0.2) is 65.3 Å². The Morgan fingerprint density at radius 1 is 1.25 bits per heavy atom. The molecule has 0 aromatic heterocycles. The molecule has 0 saturated carbocycles. The summed E-state index contributed by atoms with van der Waals surface area (Å²) < 4.78 is 5.44. The summed E-state index contributed by atoms with van der Waals surface area (Å²) in [6.07, 6.45) is 1.77. The zero-order valence-corrected chi connectivity index (χ0v) is 12.3. The van der Waals surface area contributed by atoms with E-state index in [1.54, 1.807) is 0 Å². The van der Waals surface area contributed by atoms with Crippen LogP contribution in [0.25, 0.3) is 0 Å². The fraction of sp³-hybridized carbons (Fsp3) is 0.857. The molecule has 6 heteroatoms. The Morgan fingerprint density at radius 2 is 1.90 bits per heavy atom. The number of likely N-dealkylation sites (tertiary alicyclic amines) is 1. The number of carbonyl (C=O) groups excluding carboxylic acids is 1. The van der Waals surface area contributed by atoms with Crippen molar-refractivity contribution >= 4 is 12.0 Å². The van der Waals surface area contributed by atoms with E-state index in [4.69, 9.17) is 9.84 Å². The summed E-state index contributed by atoms with van der Waals surface area (Å²) >= 11 is 0. The Hall–Kier alpha value is -1.30. The lowest BCUT2D eigenvalue weighted by Crippen LogP contribution is -2.59. The summed E-state index contributed by atoms with van der Waals surface area (Å²) in [5, 5.41) is 8.81. The van der Waals surface area contributed by atoms with Crippen LogP contribution >= 0.6 is 0 Å². The number of carboxylic acid groups (broad SMARTS) is 1. The molecule has 2 amide bonds.